The van der Waals surface area contributed by atoms with Crippen molar-refractivity contribution in [2.24, 2.45) is 0 Å². The monoisotopic (exact) mass is 476 g/mol. The molecule has 0 saturated heterocycles. The van der Waals surface area contributed by atoms with Crippen molar-refractivity contribution < 1.29 is 23.2 Å². The number of hydrogen-bond acceptors (Lipinski definition) is 5. The number of hydrogen-bond donors (Lipinski definition) is 1. The number of anilines is 1. The van der Waals surface area contributed by atoms with E-state index >= 15 is 0 Å². The van der Waals surface area contributed by atoms with Crippen molar-refractivity contribution in [2.45, 2.75) is 31.9 Å². The summed E-state index contributed by atoms with van der Waals surface area (Å²) in [5.74, 6) is -0.0112. The Morgan fingerprint density at radius 3 is 2.71 bits per heavy atom. The van der Waals surface area contributed by atoms with Gasteiger partial charge in [-0.25, -0.2) is 0 Å². The molecule has 0 bridgehead atoms. The molecule has 0 amide bonds. The number of nitrogens with one attached hydrogen (secondary N) is 1. The third-order valence-electron chi connectivity index (χ3n) is 3.89. The summed E-state index contributed by atoms with van der Waals surface area (Å²) in [7, 11) is 0. The number of nitro benzene ring substituents is 1. The van der Waals surface area contributed by atoms with Crippen molar-refractivity contribution in [3.63, 3.8) is 0 Å². The highest BCUT2D eigenvalue weighted by Gasteiger charge is 2.21. The zero-order chi connectivity index (χ0) is 20.7. The fourth-order valence-electron chi connectivity index (χ4n) is 2.69. The fraction of sp³-hybridized carbons (Fsp3) is 0.278. The second kappa shape index (κ2) is 10.3. The minimum Gasteiger partial charge on any atom is -0.435 e. The smallest absolute Gasteiger partial charge is 0.387 e. The van der Waals surface area contributed by atoms with Crippen molar-refractivity contribution in [1.29, 1.82) is 0 Å². The molecule has 1 atom stereocenters. The number of rotatable bonds is 10. The summed E-state index contributed by atoms with van der Waals surface area (Å²) in [6.45, 7) is -3.00. The Labute approximate surface area is 173 Å². The Hall–Kier alpha value is -2.26. The highest BCUT2D eigenvalue weighted by Crippen LogP contribution is 2.33. The highest BCUT2D eigenvalue weighted by molar-refractivity contribution is 9.10. The first-order valence-electron chi connectivity index (χ1n) is 8.18. The van der Waals surface area contributed by atoms with Crippen molar-refractivity contribution in [1.82, 2.24) is 0 Å². The SMILES string of the molecule is O=CCCC(Cc1c(Br)cccc1OC(F)F)Nc1cc(Cl)ccc1[N+](=O)[O-]. The molecule has 1 N–H and O–H groups in total. The van der Waals surface area contributed by atoms with Crippen LogP contribution in [-0.2, 0) is 11.2 Å². The lowest BCUT2D eigenvalue weighted by atomic mass is 10.0. The van der Waals surface area contributed by atoms with Gasteiger partial charge in [-0.2, -0.15) is 8.78 Å². The van der Waals surface area contributed by atoms with Gasteiger partial charge in [-0.15, -0.1) is 0 Å². The first kappa shape index (κ1) is 22.0. The number of carbonyl (C=O) groups is 1. The lowest BCUT2D eigenvalue weighted by molar-refractivity contribution is -0.384. The second-order valence-electron chi connectivity index (χ2n) is 5.80. The molecular weight excluding hydrogens is 462 g/mol. The van der Waals surface area contributed by atoms with E-state index in [0.29, 0.717) is 21.5 Å². The van der Waals surface area contributed by atoms with Crippen LogP contribution in [0.25, 0.3) is 0 Å². The molecule has 150 valence electrons. The summed E-state index contributed by atoms with van der Waals surface area (Å²) in [6, 6.07) is 8.24. The number of carbonyl (C=O) groups excluding carboxylic acids is 1. The van der Waals surface area contributed by atoms with Crippen LogP contribution in [0, 0.1) is 10.1 Å². The summed E-state index contributed by atoms with van der Waals surface area (Å²) >= 11 is 9.26. The Morgan fingerprint density at radius 2 is 2.07 bits per heavy atom. The van der Waals surface area contributed by atoms with Crippen molar-refractivity contribution in [3.8, 4) is 5.75 Å². The summed E-state index contributed by atoms with van der Waals surface area (Å²) in [4.78, 5) is 21.5. The van der Waals surface area contributed by atoms with Gasteiger partial charge >= 0.3 is 6.61 Å². The van der Waals surface area contributed by atoms with E-state index in [1.165, 1.54) is 24.3 Å². The lowest BCUT2D eigenvalue weighted by Gasteiger charge is -2.21. The van der Waals surface area contributed by atoms with Crippen LogP contribution in [0.2, 0.25) is 5.02 Å². The number of benzene rings is 2. The van der Waals surface area contributed by atoms with Gasteiger partial charge in [-0.3, -0.25) is 10.1 Å². The third-order valence-corrected chi connectivity index (χ3v) is 4.87. The Kier molecular flexibility index (Phi) is 8.13. The molecule has 0 aromatic heterocycles. The molecule has 1 unspecified atom stereocenters. The maximum atomic E-state index is 12.7. The molecule has 0 aliphatic rings. The van der Waals surface area contributed by atoms with Crippen LogP contribution in [0.1, 0.15) is 18.4 Å². The molecule has 2 aromatic rings. The maximum Gasteiger partial charge on any atom is 0.387 e. The third kappa shape index (κ3) is 6.13. The van der Waals surface area contributed by atoms with Gasteiger partial charge in [0.2, 0.25) is 0 Å². The summed E-state index contributed by atoms with van der Waals surface area (Å²) in [6.07, 6.45) is 1.41. The molecular formula is C18H16BrClF2N2O4. The number of nitrogens with zero attached hydrogens (tertiary/aromatic N) is 1. The predicted octanol–water partition coefficient (Wildman–Crippen LogP) is 5.61. The van der Waals surface area contributed by atoms with E-state index in [4.69, 9.17) is 11.6 Å². The fourth-order valence-corrected chi connectivity index (χ4v) is 3.37. The zero-order valence-electron chi connectivity index (χ0n) is 14.4. The number of alkyl halides is 2. The molecule has 0 saturated carbocycles. The van der Waals surface area contributed by atoms with Crippen molar-refractivity contribution in [3.05, 3.63) is 61.6 Å². The van der Waals surface area contributed by atoms with Crippen LogP contribution in [0.3, 0.4) is 0 Å². The molecule has 0 aliphatic carbocycles. The molecule has 0 fully saturated rings. The molecule has 0 aliphatic heterocycles. The summed E-state index contributed by atoms with van der Waals surface area (Å²) in [5, 5.41) is 14.6. The van der Waals surface area contributed by atoms with Crippen LogP contribution in [0.5, 0.6) is 5.75 Å². The second-order valence-corrected chi connectivity index (χ2v) is 7.09. The van der Waals surface area contributed by atoms with Gasteiger partial charge in [0.15, 0.2) is 0 Å². The van der Waals surface area contributed by atoms with Crippen molar-refractivity contribution in [2.75, 3.05) is 5.32 Å². The lowest BCUT2D eigenvalue weighted by Crippen LogP contribution is -2.24. The molecule has 2 aromatic carbocycles. The molecule has 10 heteroatoms. The average Bonchev–Trinajstić information content (AvgIpc) is 2.61. The maximum absolute atomic E-state index is 12.7. The average molecular weight is 478 g/mol. The topological polar surface area (TPSA) is 81.5 Å². The molecule has 0 heterocycles. The van der Waals surface area contributed by atoms with E-state index in [9.17, 15) is 23.7 Å². The van der Waals surface area contributed by atoms with E-state index in [0.717, 1.165) is 6.29 Å². The molecule has 0 radical (unpaired) electrons. The van der Waals surface area contributed by atoms with E-state index < -0.39 is 17.6 Å². The van der Waals surface area contributed by atoms with E-state index in [1.807, 2.05) is 0 Å². The van der Waals surface area contributed by atoms with E-state index in [2.05, 4.69) is 26.0 Å². The van der Waals surface area contributed by atoms with Crippen molar-refractivity contribution >= 4 is 45.2 Å². The van der Waals surface area contributed by atoms with Gasteiger partial charge in [0.25, 0.3) is 5.69 Å². The first-order valence-corrected chi connectivity index (χ1v) is 9.35. The Balaban J connectivity index is 2.35. The van der Waals surface area contributed by atoms with Crippen LogP contribution in [-0.4, -0.2) is 23.9 Å². The van der Waals surface area contributed by atoms with Crippen LogP contribution in [0.4, 0.5) is 20.2 Å². The molecule has 28 heavy (non-hydrogen) atoms. The van der Waals surface area contributed by atoms with Crippen LogP contribution >= 0.6 is 27.5 Å². The number of aldehydes is 1. The highest BCUT2D eigenvalue weighted by atomic mass is 79.9. The standard InChI is InChI=1S/C18H16BrClF2N2O4/c19-14-4-1-5-17(28-18(21)22)13(14)10-12(3-2-8-25)23-15-9-11(20)6-7-16(15)24(26)27/h1,4-9,12,18,23H,2-3,10H2. The van der Waals surface area contributed by atoms with E-state index in [-0.39, 0.29) is 30.0 Å². The van der Waals surface area contributed by atoms with Gasteiger partial charge < -0.3 is 14.8 Å². The Bertz CT molecular complexity index is 854. The minimum absolute atomic E-state index is 0.0112. The normalized spacial score (nSPS) is 11.9. The number of nitro groups is 1. The van der Waals surface area contributed by atoms with Gasteiger partial charge in [0, 0.05) is 33.6 Å². The van der Waals surface area contributed by atoms with E-state index in [1.54, 1.807) is 12.1 Å². The van der Waals surface area contributed by atoms with Gasteiger partial charge in [0.05, 0.1) is 4.92 Å². The largest absolute Gasteiger partial charge is 0.435 e. The quantitative estimate of drug-likeness (QED) is 0.273. The minimum atomic E-state index is -3.00. The number of ether oxygens (including phenoxy) is 1. The zero-order valence-corrected chi connectivity index (χ0v) is 16.8. The van der Waals surface area contributed by atoms with Crippen LogP contribution < -0.4 is 10.1 Å². The van der Waals surface area contributed by atoms with Crippen LogP contribution in [0.15, 0.2) is 40.9 Å². The van der Waals surface area contributed by atoms with Gasteiger partial charge in [0.1, 0.15) is 17.7 Å². The molecule has 0 spiro atoms. The molecule has 2 rings (SSSR count). The molecule has 6 nitrogen and oxygen atoms in total. The summed E-state index contributed by atoms with van der Waals surface area (Å²) < 4.78 is 30.6. The van der Waals surface area contributed by atoms with Gasteiger partial charge in [-0.05, 0) is 37.1 Å². The summed E-state index contributed by atoms with van der Waals surface area (Å²) in [5.41, 5.74) is 0.448. The Morgan fingerprint density at radius 1 is 1.32 bits per heavy atom. The predicted molar refractivity (Wildman–Crippen MR) is 105 cm³/mol. The number of halogens is 4. The van der Waals surface area contributed by atoms with Gasteiger partial charge in [-0.1, -0.05) is 33.6 Å². The first-order chi connectivity index (χ1) is 13.3.